The molecule has 17 atom stereocenters. The topological polar surface area (TPSA) is 307 Å². The molecule has 12 N–H and O–H groups in total. The minimum atomic E-state index is -1.98. The Morgan fingerprint density at radius 3 is 0.947 bits per heavy atom. The Balaban J connectivity index is 1.31. The van der Waals surface area contributed by atoms with Crippen LogP contribution in [0, 0.1) is 0 Å². The Labute approximate surface area is 692 Å². The maximum absolute atomic E-state index is 13.5. The van der Waals surface area contributed by atoms with E-state index in [-0.39, 0.29) is 18.9 Å². The summed E-state index contributed by atoms with van der Waals surface area (Å²) in [4.78, 5) is 13.5. The summed E-state index contributed by atoms with van der Waals surface area (Å²) in [6.07, 6.45) is 75.6. The van der Waals surface area contributed by atoms with E-state index in [1.54, 1.807) is 6.08 Å². The van der Waals surface area contributed by atoms with E-state index in [1.165, 1.54) is 250 Å². The molecule has 662 valence electrons. The molecule has 0 spiro atoms. The molecule has 17 unspecified atom stereocenters. The predicted octanol–water partition coefficient (Wildman–Crippen LogP) is 18.2. The molecular formula is C95H169NO18. The van der Waals surface area contributed by atoms with Crippen LogP contribution in [-0.2, 0) is 33.2 Å². The fraction of sp³-hybridized carbons (Fsp3) is 0.821. The van der Waals surface area contributed by atoms with Crippen molar-refractivity contribution in [1.82, 2.24) is 5.32 Å². The number of amides is 1. The molecule has 0 aromatic carbocycles. The van der Waals surface area contributed by atoms with Crippen molar-refractivity contribution in [2.75, 3.05) is 26.4 Å². The van der Waals surface area contributed by atoms with Crippen LogP contribution in [0.3, 0.4) is 0 Å². The van der Waals surface area contributed by atoms with Crippen molar-refractivity contribution in [3.63, 3.8) is 0 Å². The maximum Gasteiger partial charge on any atom is 0.220 e. The summed E-state index contributed by atoms with van der Waals surface area (Å²) in [6.45, 7) is 1.67. The summed E-state index contributed by atoms with van der Waals surface area (Å²) < 4.78 is 34.6. The number of ether oxygens (including phenoxy) is 6. The Kier molecular flexibility index (Phi) is 67.7. The van der Waals surface area contributed by atoms with Gasteiger partial charge in [-0.2, -0.15) is 0 Å². The monoisotopic (exact) mass is 1610 g/mol. The van der Waals surface area contributed by atoms with Crippen molar-refractivity contribution in [3.05, 3.63) is 97.2 Å². The van der Waals surface area contributed by atoms with E-state index in [0.717, 1.165) is 89.9 Å². The van der Waals surface area contributed by atoms with Gasteiger partial charge in [-0.1, -0.05) is 381 Å². The van der Waals surface area contributed by atoms with Crippen LogP contribution < -0.4 is 5.32 Å². The highest BCUT2D eigenvalue weighted by atomic mass is 16.8. The summed E-state index contributed by atoms with van der Waals surface area (Å²) in [5.74, 6) is -0.272. The first-order chi connectivity index (χ1) is 55.8. The number of allylic oxidation sites excluding steroid dienone is 15. The Hall–Kier alpha value is -3.29. The van der Waals surface area contributed by atoms with Crippen LogP contribution >= 0.6 is 0 Å². The van der Waals surface area contributed by atoms with Crippen molar-refractivity contribution < 1.29 is 89.4 Å². The van der Waals surface area contributed by atoms with Crippen molar-refractivity contribution in [2.24, 2.45) is 0 Å². The van der Waals surface area contributed by atoms with Gasteiger partial charge in [0.25, 0.3) is 0 Å². The number of aliphatic hydroxyl groups excluding tert-OH is 11. The maximum atomic E-state index is 13.5. The van der Waals surface area contributed by atoms with E-state index in [1.807, 2.05) is 6.08 Å². The Morgan fingerprint density at radius 1 is 0.325 bits per heavy atom. The quantitative estimate of drug-likeness (QED) is 0.0199. The second kappa shape index (κ2) is 73.6. The molecule has 0 radical (unpaired) electrons. The average molecular weight is 1610 g/mol. The van der Waals surface area contributed by atoms with Gasteiger partial charge in [-0.15, -0.1) is 0 Å². The third-order valence-corrected chi connectivity index (χ3v) is 22.6. The lowest BCUT2D eigenvalue weighted by Crippen LogP contribution is -2.66. The van der Waals surface area contributed by atoms with Crippen LogP contribution in [0.15, 0.2) is 97.2 Å². The number of carbonyl (C=O) groups is 1. The van der Waals surface area contributed by atoms with Crippen LogP contribution in [0.4, 0.5) is 0 Å². The fourth-order valence-corrected chi connectivity index (χ4v) is 15.3. The molecule has 114 heavy (non-hydrogen) atoms. The van der Waals surface area contributed by atoms with Gasteiger partial charge in [-0.3, -0.25) is 4.79 Å². The zero-order valence-electron chi connectivity index (χ0n) is 71.5. The third-order valence-electron chi connectivity index (χ3n) is 22.6. The van der Waals surface area contributed by atoms with E-state index >= 15 is 0 Å². The van der Waals surface area contributed by atoms with Crippen LogP contribution in [0.5, 0.6) is 0 Å². The lowest BCUT2D eigenvalue weighted by atomic mass is 9.96. The van der Waals surface area contributed by atoms with E-state index in [0.29, 0.717) is 6.42 Å². The smallest absolute Gasteiger partial charge is 0.220 e. The first-order valence-corrected chi connectivity index (χ1v) is 46.5. The summed E-state index contributed by atoms with van der Waals surface area (Å²) in [5, 5.41) is 121. The van der Waals surface area contributed by atoms with Crippen molar-refractivity contribution in [3.8, 4) is 0 Å². The number of hydrogen-bond donors (Lipinski definition) is 12. The van der Waals surface area contributed by atoms with Gasteiger partial charge in [0.2, 0.25) is 5.91 Å². The van der Waals surface area contributed by atoms with E-state index in [2.05, 4.69) is 104 Å². The minimum absolute atomic E-state index is 0.241. The van der Waals surface area contributed by atoms with Gasteiger partial charge >= 0.3 is 0 Å². The molecule has 0 bridgehead atoms. The number of nitrogens with one attached hydrogen (secondary N) is 1. The van der Waals surface area contributed by atoms with E-state index in [9.17, 15) is 61.0 Å². The van der Waals surface area contributed by atoms with Gasteiger partial charge in [0.15, 0.2) is 18.9 Å². The Bertz CT molecular complexity index is 2430. The van der Waals surface area contributed by atoms with Crippen LogP contribution in [0.1, 0.15) is 367 Å². The van der Waals surface area contributed by atoms with Crippen LogP contribution in [0.25, 0.3) is 0 Å². The standard InChI is InChI=1S/C95H169NO18/c1-3-5-7-9-11-13-15-17-19-21-23-25-27-29-31-33-35-36-37-38-39-40-41-42-43-45-47-49-51-53-55-57-59-61-63-65-67-69-71-73-83(101)96-78(79(100)72-70-68-66-64-62-60-58-56-54-52-50-48-46-44-34-32-30-28-26-24-22-20-18-16-14-12-10-8-6-4-2)77-109-93-89(107)86(104)91(81(75-98)111-93)114-95-90(108)87(105)92(82(76-99)112-95)113-94-88(106)85(103)84(102)80(74-97)110-94/h5,7,11,13,17,19,23,25,29,31,35-36,38-39,70,72,78-82,84-95,97-100,102-108H,3-4,6,8-10,12,14-16,18,20-22,24,26-28,30,32-34,37,40-69,71,73-77H2,1-2H3,(H,96,101)/b7-5-,13-11-,19-17-,25-23-,31-29-,36-35-,39-38-,72-70+. The van der Waals surface area contributed by atoms with Gasteiger partial charge in [0.1, 0.15) is 73.2 Å². The number of carbonyl (C=O) groups excluding carboxylic acids is 1. The summed E-state index contributed by atoms with van der Waals surface area (Å²) in [7, 11) is 0. The predicted molar refractivity (Wildman–Crippen MR) is 461 cm³/mol. The molecule has 3 saturated heterocycles. The molecule has 0 aliphatic carbocycles. The largest absolute Gasteiger partial charge is 0.394 e. The van der Waals surface area contributed by atoms with Gasteiger partial charge in [0.05, 0.1) is 38.6 Å². The lowest BCUT2D eigenvalue weighted by molar-refractivity contribution is -0.379. The number of aliphatic hydroxyl groups is 11. The SMILES string of the molecule is CC/C=C\C/C=C\C/C=C\C/C=C\C/C=C\C/C=C\C/C=C\CCCCCCCCCCCCCCCCCCCC(=O)NC(COC1OC(CO)C(OC2OC(CO)C(OC3OC(CO)C(O)C(O)C3O)C(O)C2O)C(O)C1O)C(O)/C=C/CCCCCCCCCCCCCCCCCCCCCCCCCCCCCC. The second-order valence-electron chi connectivity index (χ2n) is 32.7. The van der Waals surface area contributed by atoms with Crippen molar-refractivity contribution >= 4 is 5.91 Å². The molecule has 3 heterocycles. The molecule has 3 aliphatic rings. The highest BCUT2D eigenvalue weighted by Crippen LogP contribution is 2.34. The van der Waals surface area contributed by atoms with Gasteiger partial charge < -0.3 is 89.9 Å². The average Bonchev–Trinajstić information content (AvgIpc) is 0.783. The summed E-state index contributed by atoms with van der Waals surface area (Å²) in [6, 6.07) is -0.979. The number of rotatable bonds is 75. The Morgan fingerprint density at radius 2 is 0.605 bits per heavy atom. The van der Waals surface area contributed by atoms with Gasteiger partial charge in [-0.25, -0.2) is 0 Å². The molecule has 3 rings (SSSR count). The molecule has 3 fully saturated rings. The molecule has 19 heteroatoms. The molecule has 3 aliphatic heterocycles. The third kappa shape index (κ3) is 51.4. The van der Waals surface area contributed by atoms with E-state index < -0.39 is 124 Å². The number of hydrogen-bond acceptors (Lipinski definition) is 18. The molecule has 1 amide bonds. The lowest BCUT2D eigenvalue weighted by Gasteiger charge is -2.48. The molecule has 0 saturated carbocycles. The highest BCUT2D eigenvalue weighted by molar-refractivity contribution is 5.76. The first-order valence-electron chi connectivity index (χ1n) is 46.5. The summed E-state index contributed by atoms with van der Waals surface area (Å²) in [5.41, 5.74) is 0. The molecule has 0 aromatic heterocycles. The first kappa shape index (κ1) is 105. The minimum Gasteiger partial charge on any atom is -0.394 e. The zero-order chi connectivity index (χ0) is 82.4. The number of unbranched alkanes of at least 4 members (excludes halogenated alkanes) is 45. The van der Waals surface area contributed by atoms with Gasteiger partial charge in [-0.05, 0) is 77.0 Å². The van der Waals surface area contributed by atoms with Crippen molar-refractivity contribution in [1.29, 1.82) is 0 Å². The zero-order valence-corrected chi connectivity index (χ0v) is 71.5. The second-order valence-corrected chi connectivity index (χ2v) is 32.7. The molecule has 19 nitrogen and oxygen atoms in total. The van der Waals surface area contributed by atoms with E-state index in [4.69, 9.17) is 28.4 Å². The molecule has 0 aromatic rings. The normalized spacial score (nSPS) is 25.1. The fourth-order valence-electron chi connectivity index (χ4n) is 15.3. The van der Waals surface area contributed by atoms with Crippen molar-refractivity contribution in [2.45, 2.75) is 471 Å². The van der Waals surface area contributed by atoms with Gasteiger partial charge in [0, 0.05) is 6.42 Å². The summed E-state index contributed by atoms with van der Waals surface area (Å²) >= 11 is 0. The van der Waals surface area contributed by atoms with Crippen LogP contribution in [0.2, 0.25) is 0 Å². The molecular weight excluding hydrogens is 1440 g/mol. The highest BCUT2D eigenvalue weighted by Gasteiger charge is 2.54. The van der Waals surface area contributed by atoms with Crippen LogP contribution in [-0.4, -0.2) is 193 Å².